The molecule has 0 saturated carbocycles. The van der Waals surface area contributed by atoms with Gasteiger partial charge in [-0.3, -0.25) is 9.59 Å². The molecule has 3 aromatic rings. The Kier molecular flexibility index (Phi) is 6.65. The minimum Gasteiger partial charge on any atom is -0.351 e. The summed E-state index contributed by atoms with van der Waals surface area (Å²) in [4.78, 5) is 25.2. The van der Waals surface area contributed by atoms with E-state index in [1.807, 2.05) is 16.9 Å². The van der Waals surface area contributed by atoms with Crippen LogP contribution >= 0.6 is 11.3 Å². The predicted octanol–water partition coefficient (Wildman–Crippen LogP) is 2.79. The van der Waals surface area contributed by atoms with Gasteiger partial charge in [0, 0.05) is 30.5 Å². The number of halogens is 2. The van der Waals surface area contributed by atoms with Gasteiger partial charge >= 0.3 is 0 Å². The Bertz CT molecular complexity index is 1000. The summed E-state index contributed by atoms with van der Waals surface area (Å²) in [5.74, 6) is -2.43. The molecule has 3 rings (SSSR count). The maximum atomic E-state index is 14.1. The molecule has 0 radical (unpaired) electrons. The Labute approximate surface area is 169 Å². The molecular formula is C19H19F2N5O2S. The Balaban J connectivity index is 1.64. The lowest BCUT2D eigenvalue weighted by molar-refractivity contribution is -0.115. The van der Waals surface area contributed by atoms with Crippen LogP contribution in [0.25, 0.3) is 0 Å². The largest absolute Gasteiger partial charge is 0.351 e. The summed E-state index contributed by atoms with van der Waals surface area (Å²) in [5.41, 5.74) is -0.599. The Morgan fingerprint density at radius 3 is 2.79 bits per heavy atom. The first-order chi connectivity index (χ1) is 14.0. The van der Waals surface area contributed by atoms with Crippen molar-refractivity contribution in [3.05, 3.63) is 63.9 Å². The Hall–Kier alpha value is -3.14. The third kappa shape index (κ3) is 5.23. The number of carbonyl (C=O) groups is 2. The van der Waals surface area contributed by atoms with Gasteiger partial charge in [0.15, 0.2) is 0 Å². The van der Waals surface area contributed by atoms with Crippen LogP contribution in [0.15, 0.2) is 36.0 Å². The molecule has 0 saturated heterocycles. The molecule has 0 fully saturated rings. The lowest BCUT2D eigenvalue weighted by Gasteiger charge is -2.10. The van der Waals surface area contributed by atoms with E-state index in [9.17, 15) is 18.4 Å². The minimum absolute atomic E-state index is 0.0636. The second-order valence-electron chi connectivity index (χ2n) is 6.16. The summed E-state index contributed by atoms with van der Waals surface area (Å²) < 4.78 is 30.0. The maximum Gasteiger partial charge on any atom is 0.254 e. The van der Waals surface area contributed by atoms with Gasteiger partial charge in [-0.2, -0.15) is 0 Å². The van der Waals surface area contributed by atoms with Gasteiger partial charge < -0.3 is 15.2 Å². The molecule has 7 nitrogen and oxygen atoms in total. The number of thiophene rings is 1. The van der Waals surface area contributed by atoms with Crippen LogP contribution in [0, 0.1) is 11.6 Å². The van der Waals surface area contributed by atoms with E-state index in [1.54, 1.807) is 18.5 Å². The summed E-state index contributed by atoms with van der Waals surface area (Å²) in [6.45, 7) is 2.83. The third-order valence-corrected chi connectivity index (χ3v) is 5.04. The summed E-state index contributed by atoms with van der Waals surface area (Å²) >= 11 is 1.40. The molecule has 2 aromatic heterocycles. The number of carbonyl (C=O) groups excluding carboxylic acids is 2. The third-order valence-electron chi connectivity index (χ3n) is 4.16. The van der Waals surface area contributed by atoms with Crippen LogP contribution in [0.5, 0.6) is 0 Å². The average molecular weight is 419 g/mol. The van der Waals surface area contributed by atoms with Gasteiger partial charge in [-0.25, -0.2) is 8.78 Å². The highest BCUT2D eigenvalue weighted by molar-refractivity contribution is 7.10. The first-order valence-corrected chi connectivity index (χ1v) is 9.82. The van der Waals surface area contributed by atoms with Gasteiger partial charge in [0.25, 0.3) is 5.91 Å². The van der Waals surface area contributed by atoms with Crippen molar-refractivity contribution in [2.75, 3.05) is 11.9 Å². The average Bonchev–Trinajstić information content (AvgIpc) is 3.35. The summed E-state index contributed by atoms with van der Waals surface area (Å²) in [6.07, 6.45) is 2.06. The first kappa shape index (κ1) is 20.6. The Morgan fingerprint density at radius 1 is 1.24 bits per heavy atom. The fraction of sp³-hybridized carbons (Fsp3) is 0.263. The smallest absolute Gasteiger partial charge is 0.254 e. The standard InChI is InChI=1S/C19H19F2N5O2S/c1-2-26-11-23-25-17(26)5-6-22-19(28)13-9-16(15(21)10-14(13)20)24-18(27)8-12-4-3-7-29-12/h3-4,7,9-11H,2,5-6,8H2,1H3,(H,22,28)(H,24,27). The molecule has 2 N–H and O–H groups in total. The van der Waals surface area contributed by atoms with Crippen molar-refractivity contribution in [2.24, 2.45) is 0 Å². The lowest BCUT2D eigenvalue weighted by atomic mass is 10.1. The molecule has 0 aliphatic rings. The Morgan fingerprint density at radius 2 is 2.07 bits per heavy atom. The number of rotatable bonds is 8. The van der Waals surface area contributed by atoms with Crippen molar-refractivity contribution < 1.29 is 18.4 Å². The number of aryl methyl sites for hydroxylation is 1. The number of nitrogens with one attached hydrogen (secondary N) is 2. The van der Waals surface area contributed by atoms with Gasteiger partial charge in [0.05, 0.1) is 17.7 Å². The normalized spacial score (nSPS) is 10.7. The van der Waals surface area contributed by atoms with Gasteiger partial charge in [-0.05, 0) is 24.4 Å². The van der Waals surface area contributed by atoms with E-state index < -0.39 is 23.4 Å². The number of amides is 2. The molecule has 0 unspecified atom stereocenters. The molecule has 0 aliphatic carbocycles. The fourth-order valence-electron chi connectivity index (χ4n) is 2.70. The summed E-state index contributed by atoms with van der Waals surface area (Å²) in [5, 5.41) is 14.5. The second-order valence-corrected chi connectivity index (χ2v) is 7.19. The molecule has 2 amide bonds. The van der Waals surface area contributed by atoms with Crippen LogP contribution in [-0.4, -0.2) is 33.1 Å². The number of anilines is 1. The second kappa shape index (κ2) is 9.37. The first-order valence-electron chi connectivity index (χ1n) is 8.94. The number of aromatic nitrogens is 3. The highest BCUT2D eigenvalue weighted by Crippen LogP contribution is 2.20. The van der Waals surface area contributed by atoms with Crippen molar-refractivity contribution in [3.8, 4) is 0 Å². The number of hydrogen-bond donors (Lipinski definition) is 2. The van der Waals surface area contributed by atoms with Crippen molar-refractivity contribution in [1.82, 2.24) is 20.1 Å². The zero-order chi connectivity index (χ0) is 20.8. The molecule has 29 heavy (non-hydrogen) atoms. The molecule has 10 heteroatoms. The molecule has 0 bridgehead atoms. The van der Waals surface area contributed by atoms with Crippen molar-refractivity contribution in [1.29, 1.82) is 0 Å². The monoisotopic (exact) mass is 419 g/mol. The highest BCUT2D eigenvalue weighted by Gasteiger charge is 2.18. The van der Waals surface area contributed by atoms with Gasteiger partial charge in [0.1, 0.15) is 23.8 Å². The van der Waals surface area contributed by atoms with E-state index in [1.165, 1.54) is 11.3 Å². The predicted molar refractivity (Wildman–Crippen MR) is 105 cm³/mol. The van der Waals surface area contributed by atoms with Crippen LogP contribution in [0.1, 0.15) is 28.0 Å². The van der Waals surface area contributed by atoms with Crippen molar-refractivity contribution in [3.63, 3.8) is 0 Å². The van der Waals surface area contributed by atoms with Crippen molar-refractivity contribution >= 4 is 28.8 Å². The molecule has 152 valence electrons. The van der Waals surface area contributed by atoms with Crippen LogP contribution in [-0.2, 0) is 24.2 Å². The fourth-order valence-corrected chi connectivity index (χ4v) is 3.41. The molecule has 0 atom stereocenters. The van der Waals surface area contributed by atoms with E-state index in [0.29, 0.717) is 24.9 Å². The number of benzene rings is 1. The SMILES string of the molecule is CCn1cnnc1CCNC(=O)c1cc(NC(=O)Cc2cccs2)c(F)cc1F. The summed E-state index contributed by atoms with van der Waals surface area (Å²) in [6, 6.07) is 5.17. The maximum absolute atomic E-state index is 14.1. The van der Waals surface area contributed by atoms with Crippen molar-refractivity contribution in [2.45, 2.75) is 26.3 Å². The van der Waals surface area contributed by atoms with E-state index in [-0.39, 0.29) is 24.2 Å². The van der Waals surface area contributed by atoms with E-state index in [0.717, 1.165) is 10.9 Å². The van der Waals surface area contributed by atoms with Gasteiger partial charge in [0.2, 0.25) is 5.91 Å². The topological polar surface area (TPSA) is 88.9 Å². The minimum atomic E-state index is -1.01. The van der Waals surface area contributed by atoms with Crippen LogP contribution in [0.4, 0.5) is 14.5 Å². The highest BCUT2D eigenvalue weighted by atomic mass is 32.1. The zero-order valence-corrected chi connectivity index (χ0v) is 16.4. The van der Waals surface area contributed by atoms with Crippen LogP contribution in [0.2, 0.25) is 0 Å². The van der Waals surface area contributed by atoms with E-state index in [2.05, 4.69) is 20.8 Å². The molecular weight excluding hydrogens is 400 g/mol. The van der Waals surface area contributed by atoms with E-state index >= 15 is 0 Å². The number of nitrogens with zero attached hydrogens (tertiary/aromatic N) is 3. The van der Waals surface area contributed by atoms with Crippen LogP contribution in [0.3, 0.4) is 0 Å². The quantitative estimate of drug-likeness (QED) is 0.588. The van der Waals surface area contributed by atoms with Gasteiger partial charge in [-0.1, -0.05) is 6.07 Å². The van der Waals surface area contributed by atoms with E-state index in [4.69, 9.17) is 0 Å². The zero-order valence-electron chi connectivity index (χ0n) is 15.6. The molecule has 0 spiro atoms. The number of hydrogen-bond acceptors (Lipinski definition) is 5. The molecule has 0 aliphatic heterocycles. The molecule has 2 heterocycles. The lowest BCUT2D eigenvalue weighted by Crippen LogP contribution is -2.27. The summed E-state index contributed by atoms with van der Waals surface area (Å²) in [7, 11) is 0. The van der Waals surface area contributed by atoms with Gasteiger partial charge in [-0.15, -0.1) is 21.5 Å². The van der Waals surface area contributed by atoms with Crippen LogP contribution < -0.4 is 10.6 Å². The molecule has 1 aromatic carbocycles.